The first-order chi connectivity index (χ1) is 15.8. The van der Waals surface area contributed by atoms with Gasteiger partial charge in [-0.2, -0.15) is 0 Å². The van der Waals surface area contributed by atoms with E-state index >= 15 is 0 Å². The normalized spacial score (nSPS) is 12.2. The SMILES string of the molecule is O=c1/c(=C/c2c(OCc3ccccc3)ccc3ccccc23)sc2nc3ccccc3n12. The molecule has 0 aliphatic heterocycles. The lowest BCUT2D eigenvalue weighted by molar-refractivity contribution is 0.306. The van der Waals surface area contributed by atoms with Gasteiger partial charge in [0, 0.05) is 5.56 Å². The van der Waals surface area contributed by atoms with E-state index in [0.717, 1.165) is 38.7 Å². The van der Waals surface area contributed by atoms with Crippen molar-refractivity contribution in [2.24, 2.45) is 0 Å². The van der Waals surface area contributed by atoms with E-state index < -0.39 is 0 Å². The number of thiazole rings is 1. The van der Waals surface area contributed by atoms with Crippen molar-refractivity contribution in [1.82, 2.24) is 9.38 Å². The first-order valence-electron chi connectivity index (χ1n) is 10.4. The van der Waals surface area contributed by atoms with Crippen LogP contribution in [0.2, 0.25) is 0 Å². The van der Waals surface area contributed by atoms with Crippen LogP contribution in [-0.4, -0.2) is 9.38 Å². The van der Waals surface area contributed by atoms with Gasteiger partial charge in [0.25, 0.3) is 5.56 Å². The van der Waals surface area contributed by atoms with E-state index in [4.69, 9.17) is 4.74 Å². The summed E-state index contributed by atoms with van der Waals surface area (Å²) in [7, 11) is 0. The smallest absolute Gasteiger partial charge is 0.274 e. The Labute approximate surface area is 187 Å². The minimum absolute atomic E-state index is 0.0550. The van der Waals surface area contributed by atoms with Gasteiger partial charge in [-0.3, -0.25) is 4.79 Å². The number of hydrogen-bond acceptors (Lipinski definition) is 4. The molecule has 2 aromatic heterocycles. The van der Waals surface area contributed by atoms with E-state index in [0.29, 0.717) is 16.1 Å². The Morgan fingerprint density at radius 1 is 0.875 bits per heavy atom. The molecule has 6 aromatic rings. The van der Waals surface area contributed by atoms with Gasteiger partial charge in [0.05, 0.1) is 15.6 Å². The van der Waals surface area contributed by atoms with Gasteiger partial charge in [-0.1, -0.05) is 84.1 Å². The minimum atomic E-state index is -0.0550. The lowest BCUT2D eigenvalue weighted by Crippen LogP contribution is -2.22. The fourth-order valence-corrected chi connectivity index (χ4v) is 5.00. The highest BCUT2D eigenvalue weighted by Crippen LogP contribution is 2.29. The number of benzene rings is 4. The van der Waals surface area contributed by atoms with Gasteiger partial charge in [-0.15, -0.1) is 0 Å². The molecule has 0 atom stereocenters. The van der Waals surface area contributed by atoms with E-state index in [9.17, 15) is 4.79 Å². The zero-order valence-electron chi connectivity index (χ0n) is 17.1. The summed E-state index contributed by atoms with van der Waals surface area (Å²) < 4.78 is 8.55. The number of fused-ring (bicyclic) bond motifs is 4. The summed E-state index contributed by atoms with van der Waals surface area (Å²) >= 11 is 1.40. The van der Waals surface area contributed by atoms with E-state index in [2.05, 4.69) is 23.2 Å². The maximum absolute atomic E-state index is 13.3. The fourth-order valence-electron chi connectivity index (χ4n) is 4.03. The third-order valence-corrected chi connectivity index (χ3v) is 6.56. The van der Waals surface area contributed by atoms with Gasteiger partial charge in [0.1, 0.15) is 12.4 Å². The largest absolute Gasteiger partial charge is 0.488 e. The van der Waals surface area contributed by atoms with Crippen molar-refractivity contribution >= 4 is 44.2 Å². The quantitative estimate of drug-likeness (QED) is 0.384. The van der Waals surface area contributed by atoms with Crippen LogP contribution in [0, 0.1) is 0 Å². The lowest BCUT2D eigenvalue weighted by Gasteiger charge is -2.12. The minimum Gasteiger partial charge on any atom is -0.488 e. The first kappa shape index (κ1) is 18.8. The summed E-state index contributed by atoms with van der Waals surface area (Å²) in [4.78, 5) is 18.6. The van der Waals surface area contributed by atoms with Gasteiger partial charge >= 0.3 is 0 Å². The van der Waals surface area contributed by atoms with Gasteiger partial charge in [0.15, 0.2) is 4.96 Å². The Kier molecular flexibility index (Phi) is 4.47. The van der Waals surface area contributed by atoms with Crippen molar-refractivity contribution in [3.05, 3.63) is 117 Å². The second kappa shape index (κ2) is 7.62. The highest BCUT2D eigenvalue weighted by atomic mass is 32.1. The van der Waals surface area contributed by atoms with Crippen LogP contribution >= 0.6 is 11.3 Å². The Morgan fingerprint density at radius 3 is 2.56 bits per heavy atom. The molecule has 0 aliphatic rings. The third kappa shape index (κ3) is 3.15. The molecule has 0 saturated heterocycles. The maximum atomic E-state index is 13.3. The monoisotopic (exact) mass is 434 g/mol. The average Bonchev–Trinajstić information content (AvgIpc) is 3.35. The number of para-hydroxylation sites is 2. The van der Waals surface area contributed by atoms with E-state index in [-0.39, 0.29) is 5.56 Å². The van der Waals surface area contributed by atoms with E-state index in [1.54, 1.807) is 4.40 Å². The summed E-state index contributed by atoms with van der Waals surface area (Å²) in [6.07, 6.45) is 1.94. The molecule has 0 radical (unpaired) electrons. The summed E-state index contributed by atoms with van der Waals surface area (Å²) in [5, 5.41) is 2.15. The van der Waals surface area contributed by atoms with Crippen molar-refractivity contribution in [3.63, 3.8) is 0 Å². The van der Waals surface area contributed by atoms with Crippen LogP contribution in [-0.2, 0) is 6.61 Å². The van der Waals surface area contributed by atoms with E-state index in [1.807, 2.05) is 78.9 Å². The zero-order valence-corrected chi connectivity index (χ0v) is 17.9. The molecule has 0 saturated carbocycles. The molecule has 4 nitrogen and oxygen atoms in total. The highest BCUT2D eigenvalue weighted by Gasteiger charge is 2.13. The molecule has 0 spiro atoms. The fraction of sp³-hybridized carbons (Fsp3) is 0.0370. The Morgan fingerprint density at radius 2 is 1.66 bits per heavy atom. The molecule has 0 fully saturated rings. The second-order valence-corrected chi connectivity index (χ2v) is 8.62. The standard InChI is InChI=1S/C27H18N2O2S/c30-26-25(32-27-28-22-12-6-7-13-23(22)29(26)27)16-21-20-11-5-4-10-19(20)14-15-24(21)31-17-18-8-2-1-3-9-18/h1-16H,17H2/b25-16-. The lowest BCUT2D eigenvalue weighted by atomic mass is 10.0. The van der Waals surface area contributed by atoms with Crippen molar-refractivity contribution in [2.45, 2.75) is 6.61 Å². The molecule has 0 amide bonds. The summed E-state index contributed by atoms with van der Waals surface area (Å²) in [5.41, 5.74) is 3.61. The molecule has 0 aliphatic carbocycles. The van der Waals surface area contributed by atoms with Crippen LogP contribution in [0.5, 0.6) is 5.75 Å². The van der Waals surface area contributed by atoms with E-state index in [1.165, 1.54) is 11.3 Å². The van der Waals surface area contributed by atoms with Crippen molar-refractivity contribution in [1.29, 1.82) is 0 Å². The number of ether oxygens (including phenoxy) is 1. The predicted molar refractivity (Wildman–Crippen MR) is 130 cm³/mol. The molecule has 2 heterocycles. The number of imidazole rings is 1. The van der Waals surface area contributed by atoms with Crippen LogP contribution in [0.4, 0.5) is 0 Å². The Balaban J connectivity index is 1.54. The molecular weight excluding hydrogens is 416 g/mol. The topological polar surface area (TPSA) is 43.6 Å². The van der Waals surface area contributed by atoms with Crippen LogP contribution < -0.4 is 14.8 Å². The number of aromatic nitrogens is 2. The van der Waals surface area contributed by atoms with Gasteiger partial charge < -0.3 is 4.74 Å². The molecular formula is C27H18N2O2S. The molecule has 0 unspecified atom stereocenters. The van der Waals surface area contributed by atoms with Crippen LogP contribution in [0.15, 0.2) is 95.8 Å². The van der Waals surface area contributed by atoms with Crippen molar-refractivity contribution < 1.29 is 4.74 Å². The molecule has 0 N–H and O–H groups in total. The van der Waals surface area contributed by atoms with Gasteiger partial charge in [-0.25, -0.2) is 9.38 Å². The molecule has 5 heteroatoms. The summed E-state index contributed by atoms with van der Waals surface area (Å²) in [6, 6.07) is 30.0. The van der Waals surface area contributed by atoms with Crippen LogP contribution in [0.1, 0.15) is 11.1 Å². The Hall–Kier alpha value is -3.96. The number of hydrogen-bond donors (Lipinski definition) is 0. The van der Waals surface area contributed by atoms with Gasteiger partial charge in [-0.05, 0) is 40.6 Å². The third-order valence-electron chi connectivity index (χ3n) is 5.59. The van der Waals surface area contributed by atoms with Crippen LogP contribution in [0.3, 0.4) is 0 Å². The van der Waals surface area contributed by atoms with Crippen LogP contribution in [0.25, 0.3) is 32.8 Å². The molecule has 154 valence electrons. The predicted octanol–water partition coefficient (Wildman–Crippen LogP) is 5.19. The second-order valence-electron chi connectivity index (χ2n) is 7.61. The highest BCUT2D eigenvalue weighted by molar-refractivity contribution is 7.15. The summed E-state index contributed by atoms with van der Waals surface area (Å²) in [6.45, 7) is 0.461. The zero-order chi connectivity index (χ0) is 21.5. The maximum Gasteiger partial charge on any atom is 0.274 e. The van der Waals surface area contributed by atoms with Crippen molar-refractivity contribution in [2.75, 3.05) is 0 Å². The Bertz CT molecular complexity index is 1700. The summed E-state index contributed by atoms with van der Waals surface area (Å²) in [5.74, 6) is 0.753. The average molecular weight is 435 g/mol. The number of rotatable bonds is 4. The first-order valence-corrected chi connectivity index (χ1v) is 11.2. The molecule has 6 rings (SSSR count). The number of nitrogens with zero attached hydrogens (tertiary/aromatic N) is 2. The van der Waals surface area contributed by atoms with Crippen molar-refractivity contribution in [3.8, 4) is 5.75 Å². The molecule has 0 bridgehead atoms. The van der Waals surface area contributed by atoms with Gasteiger partial charge in [0.2, 0.25) is 0 Å². The molecule has 32 heavy (non-hydrogen) atoms. The molecule has 4 aromatic carbocycles.